The number of nitrogens with one attached hydrogen (secondary N) is 2. The maximum Gasteiger partial charge on any atom is 0.325 e. The number of benzene rings is 1. The maximum absolute atomic E-state index is 12.3. The zero-order chi connectivity index (χ0) is 21.3. The number of anilines is 3. The van der Waals surface area contributed by atoms with Crippen molar-refractivity contribution < 1.29 is 19.1 Å². The van der Waals surface area contributed by atoms with Crippen molar-refractivity contribution in [1.29, 1.82) is 0 Å². The highest BCUT2D eigenvalue weighted by Crippen LogP contribution is 2.34. The van der Waals surface area contributed by atoms with Crippen LogP contribution in [0, 0.1) is 0 Å². The number of ether oxygens (including phenoxy) is 1. The molecule has 0 fully saturated rings. The topological polar surface area (TPSA) is 109 Å². The molecule has 2 aliphatic heterocycles. The minimum Gasteiger partial charge on any atom is -0.465 e. The molecule has 0 bridgehead atoms. The summed E-state index contributed by atoms with van der Waals surface area (Å²) in [6.45, 7) is 3.91. The Hall–Kier alpha value is -3.56. The summed E-state index contributed by atoms with van der Waals surface area (Å²) in [6.07, 6.45) is 0.825. The number of aromatic nitrogens is 2. The smallest absolute Gasteiger partial charge is 0.325 e. The van der Waals surface area contributed by atoms with Gasteiger partial charge in [-0.15, -0.1) is 0 Å². The summed E-state index contributed by atoms with van der Waals surface area (Å²) in [5.74, 6) is 0.804. The van der Waals surface area contributed by atoms with Gasteiger partial charge in [0.15, 0.2) is 5.82 Å². The van der Waals surface area contributed by atoms with Gasteiger partial charge in [0.05, 0.1) is 13.2 Å². The monoisotopic (exact) mass is 412 g/mol. The number of carbonyl (C=O) groups excluding carboxylic acids is 3. The lowest BCUT2D eigenvalue weighted by Gasteiger charge is -2.26. The molecule has 0 saturated heterocycles. The van der Waals surface area contributed by atoms with Gasteiger partial charge >= 0.3 is 12.0 Å². The number of nitrogens with zero attached hydrogens (tertiary/aromatic N) is 4. The fourth-order valence-corrected chi connectivity index (χ4v) is 3.70. The van der Waals surface area contributed by atoms with Crippen LogP contribution in [-0.4, -0.2) is 65.9 Å². The SMILES string of the molecule is CCOC(=O)CNC(=O)Nc1cc2n(n1)CCN2c1ccc2c(c1)CCN(C)C2=O. The molecule has 158 valence electrons. The largest absolute Gasteiger partial charge is 0.465 e. The minimum atomic E-state index is -0.525. The van der Waals surface area contributed by atoms with Gasteiger partial charge in [0, 0.05) is 37.5 Å². The molecule has 0 aliphatic carbocycles. The van der Waals surface area contributed by atoms with Crippen molar-refractivity contribution >= 4 is 35.2 Å². The van der Waals surface area contributed by atoms with Crippen molar-refractivity contribution in [3.63, 3.8) is 0 Å². The Balaban J connectivity index is 1.45. The average Bonchev–Trinajstić information content (AvgIpc) is 3.29. The first-order chi connectivity index (χ1) is 14.5. The highest BCUT2D eigenvalue weighted by molar-refractivity contribution is 5.97. The second kappa shape index (κ2) is 8.05. The fraction of sp³-hybridized carbons (Fsp3) is 0.400. The van der Waals surface area contributed by atoms with Crippen molar-refractivity contribution in [2.45, 2.75) is 19.9 Å². The first kappa shape index (κ1) is 19.7. The Labute approximate surface area is 173 Å². The van der Waals surface area contributed by atoms with Gasteiger partial charge in [-0.05, 0) is 37.1 Å². The third kappa shape index (κ3) is 3.80. The molecular weight excluding hydrogens is 388 g/mol. The average molecular weight is 412 g/mol. The van der Waals surface area contributed by atoms with Gasteiger partial charge in [0.2, 0.25) is 0 Å². The van der Waals surface area contributed by atoms with E-state index in [0.29, 0.717) is 18.9 Å². The summed E-state index contributed by atoms with van der Waals surface area (Å²) >= 11 is 0. The first-order valence-electron chi connectivity index (χ1n) is 9.90. The number of urea groups is 1. The van der Waals surface area contributed by atoms with Crippen LogP contribution < -0.4 is 15.5 Å². The lowest BCUT2D eigenvalue weighted by Crippen LogP contribution is -2.34. The molecule has 10 nitrogen and oxygen atoms in total. The minimum absolute atomic E-state index is 0.0505. The van der Waals surface area contributed by atoms with E-state index < -0.39 is 12.0 Å². The standard InChI is InChI=1S/C20H24N6O4/c1-3-30-18(27)12-21-20(29)22-16-11-17-25(8-9-26(17)23-16)14-4-5-15-13(10-14)6-7-24(2)19(15)28/h4-5,10-11H,3,6-9,12H2,1-2H3,(H2,21,22,23,29). The number of rotatable bonds is 5. The van der Waals surface area contributed by atoms with E-state index in [9.17, 15) is 14.4 Å². The van der Waals surface area contributed by atoms with Crippen LogP contribution in [0.4, 0.5) is 22.1 Å². The Bertz CT molecular complexity index is 1000. The van der Waals surface area contributed by atoms with Crippen LogP contribution in [-0.2, 0) is 22.5 Å². The predicted molar refractivity (Wildman–Crippen MR) is 110 cm³/mol. The first-order valence-corrected chi connectivity index (χ1v) is 9.90. The molecule has 1 aromatic carbocycles. The van der Waals surface area contributed by atoms with Gasteiger partial charge in [-0.2, -0.15) is 5.10 Å². The van der Waals surface area contributed by atoms with Crippen molar-refractivity contribution in [3.8, 4) is 0 Å². The van der Waals surface area contributed by atoms with Crippen LogP contribution in [0.2, 0.25) is 0 Å². The van der Waals surface area contributed by atoms with Gasteiger partial charge in [-0.1, -0.05) is 0 Å². The van der Waals surface area contributed by atoms with Crippen LogP contribution in [0.15, 0.2) is 24.3 Å². The molecule has 0 spiro atoms. The van der Waals surface area contributed by atoms with E-state index in [1.165, 1.54) is 0 Å². The van der Waals surface area contributed by atoms with Gasteiger partial charge < -0.3 is 19.9 Å². The second-order valence-corrected chi connectivity index (χ2v) is 7.19. The van der Waals surface area contributed by atoms with Gasteiger partial charge in [0.25, 0.3) is 5.91 Å². The van der Waals surface area contributed by atoms with Crippen molar-refractivity contribution in [2.75, 3.05) is 43.5 Å². The quantitative estimate of drug-likeness (QED) is 0.718. The number of fused-ring (bicyclic) bond motifs is 2. The molecule has 4 rings (SSSR count). The van der Waals surface area contributed by atoms with E-state index in [-0.39, 0.29) is 19.1 Å². The van der Waals surface area contributed by atoms with Crippen molar-refractivity contribution in [2.24, 2.45) is 0 Å². The Morgan fingerprint density at radius 3 is 2.83 bits per heavy atom. The van der Waals surface area contributed by atoms with E-state index in [0.717, 1.165) is 35.6 Å². The third-order valence-corrected chi connectivity index (χ3v) is 5.21. The van der Waals surface area contributed by atoms with Crippen molar-refractivity contribution in [3.05, 3.63) is 35.4 Å². The van der Waals surface area contributed by atoms with E-state index in [1.807, 2.05) is 23.9 Å². The molecule has 30 heavy (non-hydrogen) atoms. The van der Waals surface area contributed by atoms with Gasteiger partial charge in [0.1, 0.15) is 12.4 Å². The van der Waals surface area contributed by atoms with Gasteiger partial charge in [-0.3, -0.25) is 14.9 Å². The molecule has 3 amide bonds. The zero-order valence-electron chi connectivity index (χ0n) is 17.0. The Morgan fingerprint density at radius 1 is 1.20 bits per heavy atom. The molecule has 3 heterocycles. The van der Waals surface area contributed by atoms with Gasteiger partial charge in [-0.25, -0.2) is 9.48 Å². The summed E-state index contributed by atoms with van der Waals surface area (Å²) in [6, 6.07) is 7.14. The molecule has 0 radical (unpaired) electrons. The molecule has 0 atom stereocenters. The number of hydrogen-bond acceptors (Lipinski definition) is 6. The lowest BCUT2D eigenvalue weighted by atomic mass is 9.98. The number of likely N-dealkylation sites (N-methyl/N-ethyl adjacent to an activating group) is 1. The Morgan fingerprint density at radius 2 is 2.03 bits per heavy atom. The molecule has 1 aromatic heterocycles. The summed E-state index contributed by atoms with van der Waals surface area (Å²) in [5.41, 5.74) is 2.79. The zero-order valence-corrected chi connectivity index (χ0v) is 17.0. The van der Waals surface area contributed by atoms with Crippen LogP contribution in [0.5, 0.6) is 0 Å². The molecule has 2 aliphatic rings. The molecule has 2 N–H and O–H groups in total. The maximum atomic E-state index is 12.3. The number of esters is 1. The molecular formula is C20H24N6O4. The third-order valence-electron chi connectivity index (χ3n) is 5.21. The van der Waals surface area contributed by atoms with Crippen LogP contribution in [0.3, 0.4) is 0 Å². The molecule has 0 saturated carbocycles. The summed E-state index contributed by atoms with van der Waals surface area (Å²) < 4.78 is 6.59. The highest BCUT2D eigenvalue weighted by atomic mass is 16.5. The molecule has 10 heteroatoms. The number of carbonyl (C=O) groups is 3. The summed E-state index contributed by atoms with van der Waals surface area (Å²) in [7, 11) is 1.82. The summed E-state index contributed by atoms with van der Waals surface area (Å²) in [4.78, 5) is 39.5. The number of hydrogen-bond donors (Lipinski definition) is 2. The lowest BCUT2D eigenvalue weighted by molar-refractivity contribution is -0.141. The van der Waals surface area contributed by atoms with E-state index >= 15 is 0 Å². The number of amides is 3. The van der Waals surface area contributed by atoms with E-state index in [4.69, 9.17) is 4.74 Å². The van der Waals surface area contributed by atoms with Crippen LogP contribution in [0.1, 0.15) is 22.8 Å². The highest BCUT2D eigenvalue weighted by Gasteiger charge is 2.26. The molecule has 0 unspecified atom stereocenters. The van der Waals surface area contributed by atoms with E-state index in [1.54, 1.807) is 17.9 Å². The van der Waals surface area contributed by atoms with Crippen LogP contribution >= 0.6 is 0 Å². The fourth-order valence-electron chi connectivity index (χ4n) is 3.70. The molecule has 2 aromatic rings. The Kier molecular flexibility index (Phi) is 5.30. The summed E-state index contributed by atoms with van der Waals surface area (Å²) in [5, 5.41) is 9.48. The van der Waals surface area contributed by atoms with Crippen molar-refractivity contribution in [1.82, 2.24) is 20.0 Å². The normalized spacial score (nSPS) is 14.9. The predicted octanol–water partition coefficient (Wildman–Crippen LogP) is 1.35. The van der Waals surface area contributed by atoms with E-state index in [2.05, 4.69) is 26.7 Å². The van der Waals surface area contributed by atoms with Crippen LogP contribution in [0.25, 0.3) is 0 Å². The second-order valence-electron chi connectivity index (χ2n) is 7.19.